The second kappa shape index (κ2) is 3.99. The van der Waals surface area contributed by atoms with Gasteiger partial charge < -0.3 is 0 Å². The van der Waals surface area contributed by atoms with Gasteiger partial charge in [0.2, 0.25) is 0 Å². The second-order valence-electron chi connectivity index (χ2n) is 2.69. The molecule has 76 valence electrons. The van der Waals surface area contributed by atoms with Crippen molar-refractivity contribution in [1.29, 1.82) is 10.7 Å². The standard InChI is InChI=1S/C10H5F3N2/c11-10(12,13)9-3-1-2-7(4-9)8(5-14)6-15/h1-4,14H. The fourth-order valence-electron chi connectivity index (χ4n) is 1.02. The predicted octanol–water partition coefficient (Wildman–Crippen LogP) is 2.86. The lowest BCUT2D eigenvalue weighted by Crippen LogP contribution is -2.04. The Kier molecular flexibility index (Phi) is 2.93. The van der Waals surface area contributed by atoms with Gasteiger partial charge in [-0.3, -0.25) is 5.41 Å². The van der Waals surface area contributed by atoms with Crippen molar-refractivity contribution in [2.45, 2.75) is 6.18 Å². The van der Waals surface area contributed by atoms with Gasteiger partial charge in [0.1, 0.15) is 11.6 Å². The van der Waals surface area contributed by atoms with E-state index in [4.69, 9.17) is 10.7 Å². The number of rotatable bonds is 1. The highest BCUT2D eigenvalue weighted by atomic mass is 19.4. The molecule has 0 fully saturated rings. The van der Waals surface area contributed by atoms with E-state index >= 15 is 0 Å². The summed E-state index contributed by atoms with van der Waals surface area (Å²) in [5.41, 5.74) is -1.02. The normalized spacial score (nSPS) is 10.3. The second-order valence-corrected chi connectivity index (χ2v) is 2.69. The van der Waals surface area contributed by atoms with Gasteiger partial charge in [0.15, 0.2) is 0 Å². The highest BCUT2D eigenvalue weighted by Crippen LogP contribution is 2.30. The van der Waals surface area contributed by atoms with Crippen LogP contribution in [0.3, 0.4) is 0 Å². The molecule has 1 N–H and O–H groups in total. The molecule has 0 bridgehead atoms. The van der Waals surface area contributed by atoms with Gasteiger partial charge >= 0.3 is 6.18 Å². The van der Waals surface area contributed by atoms with Gasteiger partial charge in [0.25, 0.3) is 0 Å². The molecule has 0 unspecified atom stereocenters. The Morgan fingerprint density at radius 2 is 2.00 bits per heavy atom. The lowest BCUT2D eigenvalue weighted by Gasteiger charge is -2.06. The maximum atomic E-state index is 12.3. The zero-order chi connectivity index (χ0) is 11.5. The molecule has 1 aromatic rings. The Hall–Kier alpha value is -2.05. The summed E-state index contributed by atoms with van der Waals surface area (Å²) in [6.07, 6.45) is -4.45. The van der Waals surface area contributed by atoms with Crippen molar-refractivity contribution in [3.8, 4) is 6.07 Å². The monoisotopic (exact) mass is 210 g/mol. The van der Waals surface area contributed by atoms with Crippen molar-refractivity contribution in [1.82, 2.24) is 0 Å². The molecule has 0 amide bonds. The third-order valence-corrected chi connectivity index (χ3v) is 1.72. The minimum absolute atomic E-state index is 0.0438. The van der Waals surface area contributed by atoms with Crippen molar-refractivity contribution in [2.24, 2.45) is 0 Å². The summed E-state index contributed by atoms with van der Waals surface area (Å²) >= 11 is 0. The van der Waals surface area contributed by atoms with Gasteiger partial charge in [-0.15, -0.1) is 0 Å². The number of nitrogens with zero attached hydrogens (tertiary/aromatic N) is 1. The third-order valence-electron chi connectivity index (χ3n) is 1.72. The van der Waals surface area contributed by atoms with Gasteiger partial charge in [0, 0.05) is 5.56 Å². The first-order chi connectivity index (χ1) is 6.99. The minimum Gasteiger partial charge on any atom is -0.258 e. The number of hydrogen-bond donors (Lipinski definition) is 1. The molecular weight excluding hydrogens is 205 g/mol. The van der Waals surface area contributed by atoms with E-state index in [1.807, 2.05) is 0 Å². The smallest absolute Gasteiger partial charge is 0.258 e. The summed E-state index contributed by atoms with van der Waals surface area (Å²) in [6.45, 7) is 0. The van der Waals surface area contributed by atoms with Crippen molar-refractivity contribution >= 4 is 11.4 Å². The first-order valence-electron chi connectivity index (χ1n) is 3.86. The fourth-order valence-corrected chi connectivity index (χ4v) is 1.02. The van der Waals surface area contributed by atoms with E-state index < -0.39 is 11.7 Å². The first kappa shape index (κ1) is 11.0. The minimum atomic E-state index is -4.45. The zero-order valence-electron chi connectivity index (χ0n) is 7.39. The van der Waals surface area contributed by atoms with Crippen LogP contribution in [-0.2, 0) is 6.18 Å². The van der Waals surface area contributed by atoms with Crippen molar-refractivity contribution < 1.29 is 13.2 Å². The molecular formula is C10H5F3N2. The number of halogens is 3. The molecule has 5 heteroatoms. The molecule has 0 aromatic heterocycles. The van der Waals surface area contributed by atoms with Crippen LogP contribution in [0.2, 0.25) is 0 Å². The van der Waals surface area contributed by atoms with E-state index in [2.05, 4.69) is 0 Å². The number of nitriles is 1. The number of nitrogens with one attached hydrogen (secondary N) is 1. The maximum Gasteiger partial charge on any atom is 0.416 e. The van der Waals surface area contributed by atoms with Crippen LogP contribution in [0, 0.1) is 16.7 Å². The molecule has 15 heavy (non-hydrogen) atoms. The predicted molar refractivity (Wildman–Crippen MR) is 48.2 cm³/mol. The summed E-state index contributed by atoms with van der Waals surface area (Å²) in [5.74, 6) is 1.78. The van der Waals surface area contributed by atoms with Crippen LogP contribution in [0.1, 0.15) is 11.1 Å². The van der Waals surface area contributed by atoms with E-state index in [0.717, 1.165) is 12.1 Å². The van der Waals surface area contributed by atoms with E-state index in [9.17, 15) is 13.2 Å². The Morgan fingerprint density at radius 3 is 2.47 bits per heavy atom. The lowest BCUT2D eigenvalue weighted by molar-refractivity contribution is -0.137. The number of alkyl halides is 3. The molecule has 0 aliphatic heterocycles. The highest BCUT2D eigenvalue weighted by Gasteiger charge is 2.30. The van der Waals surface area contributed by atoms with Gasteiger partial charge in [-0.05, 0) is 18.0 Å². The molecule has 0 saturated carbocycles. The van der Waals surface area contributed by atoms with Crippen molar-refractivity contribution in [3.05, 3.63) is 35.4 Å². The summed E-state index contributed by atoms with van der Waals surface area (Å²) in [4.78, 5) is 0. The third kappa shape index (κ3) is 2.46. The topological polar surface area (TPSA) is 47.6 Å². The van der Waals surface area contributed by atoms with Gasteiger partial charge in [-0.25, -0.2) is 0 Å². The van der Waals surface area contributed by atoms with Gasteiger partial charge in [-0.2, -0.15) is 18.4 Å². The molecule has 1 aromatic carbocycles. The van der Waals surface area contributed by atoms with Gasteiger partial charge in [0.05, 0.1) is 5.56 Å². The lowest BCUT2D eigenvalue weighted by atomic mass is 10.1. The summed E-state index contributed by atoms with van der Waals surface area (Å²) in [6, 6.07) is 5.84. The largest absolute Gasteiger partial charge is 0.416 e. The molecule has 2 nitrogen and oxygen atoms in total. The quantitative estimate of drug-likeness (QED) is 0.562. The van der Waals surface area contributed by atoms with Crippen LogP contribution >= 0.6 is 0 Å². The average molecular weight is 210 g/mol. The van der Waals surface area contributed by atoms with Crippen LogP contribution in [0.4, 0.5) is 13.2 Å². The van der Waals surface area contributed by atoms with Crippen LogP contribution < -0.4 is 0 Å². The molecule has 0 aliphatic rings. The van der Waals surface area contributed by atoms with Gasteiger partial charge in [-0.1, -0.05) is 12.1 Å². The average Bonchev–Trinajstić information content (AvgIpc) is 2.19. The molecule has 0 aliphatic carbocycles. The van der Waals surface area contributed by atoms with Crippen LogP contribution in [0.25, 0.3) is 5.57 Å². The fraction of sp³-hybridized carbons (Fsp3) is 0.100. The summed E-state index contributed by atoms with van der Waals surface area (Å²) in [5, 5.41) is 15.3. The van der Waals surface area contributed by atoms with Crippen LogP contribution in [0.15, 0.2) is 24.3 Å². The Morgan fingerprint density at radius 1 is 1.33 bits per heavy atom. The van der Waals surface area contributed by atoms with Crippen LogP contribution in [0.5, 0.6) is 0 Å². The van der Waals surface area contributed by atoms with E-state index in [0.29, 0.717) is 0 Å². The van der Waals surface area contributed by atoms with E-state index in [1.165, 1.54) is 12.1 Å². The molecule has 0 heterocycles. The van der Waals surface area contributed by atoms with Crippen molar-refractivity contribution in [3.63, 3.8) is 0 Å². The van der Waals surface area contributed by atoms with Crippen molar-refractivity contribution in [2.75, 3.05) is 0 Å². The molecule has 0 spiro atoms. The first-order valence-corrected chi connectivity index (χ1v) is 3.86. The molecule has 0 radical (unpaired) electrons. The Bertz CT molecular complexity index is 462. The van der Waals surface area contributed by atoms with Crippen LogP contribution in [-0.4, -0.2) is 5.87 Å². The van der Waals surface area contributed by atoms with E-state index in [1.54, 1.807) is 11.9 Å². The highest BCUT2D eigenvalue weighted by molar-refractivity contribution is 5.96. The molecule has 0 saturated heterocycles. The zero-order valence-corrected chi connectivity index (χ0v) is 7.39. The number of allylic oxidation sites excluding steroid dienone is 1. The van der Waals surface area contributed by atoms with E-state index in [-0.39, 0.29) is 11.1 Å². The maximum absolute atomic E-state index is 12.3. The molecule has 0 atom stereocenters. The Balaban J connectivity index is 3.27. The SMILES string of the molecule is N#CC(=C=N)c1cccc(C(F)(F)F)c1. The Labute approximate surface area is 83.8 Å². The summed E-state index contributed by atoms with van der Waals surface area (Å²) in [7, 11) is 0. The molecule has 1 rings (SSSR count). The number of benzene rings is 1. The summed E-state index contributed by atoms with van der Waals surface area (Å²) < 4.78 is 36.8. The number of hydrogen-bond acceptors (Lipinski definition) is 2.